The summed E-state index contributed by atoms with van der Waals surface area (Å²) in [5.74, 6) is 1.95. The van der Waals surface area contributed by atoms with Crippen molar-refractivity contribution in [2.75, 3.05) is 6.54 Å². The lowest BCUT2D eigenvalue weighted by Gasteiger charge is -2.31. The van der Waals surface area contributed by atoms with E-state index in [-0.39, 0.29) is 11.4 Å². The first-order valence-electron chi connectivity index (χ1n) is 10.7. The summed E-state index contributed by atoms with van der Waals surface area (Å²) in [7, 11) is 1.78. The highest BCUT2D eigenvalue weighted by Gasteiger charge is 2.32. The summed E-state index contributed by atoms with van der Waals surface area (Å²) in [4.78, 5) is 31.8. The van der Waals surface area contributed by atoms with Gasteiger partial charge in [-0.05, 0) is 31.9 Å². The largest absolute Gasteiger partial charge is 0.350 e. The monoisotopic (exact) mass is 433 g/mol. The van der Waals surface area contributed by atoms with Crippen molar-refractivity contribution in [1.29, 1.82) is 5.41 Å². The SMILES string of the molecule is Cc1nc(-c2ccccc2F)c(C(=NC=N)N2CCc3nc(C4CC4)n(C)c(=O)c3C2)[nH]1. The minimum atomic E-state index is -0.385. The maximum Gasteiger partial charge on any atom is 0.258 e. The van der Waals surface area contributed by atoms with Crippen molar-refractivity contribution in [3.63, 3.8) is 0 Å². The van der Waals surface area contributed by atoms with Gasteiger partial charge in [0.1, 0.15) is 35.2 Å². The van der Waals surface area contributed by atoms with Crippen LogP contribution in [0, 0.1) is 18.2 Å². The average molecular weight is 433 g/mol. The van der Waals surface area contributed by atoms with E-state index in [1.165, 1.54) is 6.07 Å². The molecule has 1 saturated carbocycles. The second-order valence-corrected chi connectivity index (χ2v) is 8.31. The molecule has 1 aliphatic carbocycles. The zero-order valence-electron chi connectivity index (χ0n) is 18.0. The number of imidazole rings is 1. The Morgan fingerprint density at radius 3 is 2.81 bits per heavy atom. The van der Waals surface area contributed by atoms with Crippen molar-refractivity contribution >= 4 is 12.2 Å². The summed E-state index contributed by atoms with van der Waals surface area (Å²) in [5, 5.41) is 7.60. The molecule has 3 aromatic rings. The lowest BCUT2D eigenvalue weighted by Crippen LogP contribution is -2.42. The van der Waals surface area contributed by atoms with Crippen molar-refractivity contribution in [2.24, 2.45) is 12.0 Å². The standard InChI is InChI=1S/C23H24FN7O/c1-13-27-19(15-5-3-4-6-17(15)24)20(28-13)22(26-12-25)31-10-9-18-16(11-31)23(32)30(2)21(29-18)14-7-8-14/h3-6,12,14,25H,7-11H2,1-2H3,(H,27,28). The van der Waals surface area contributed by atoms with E-state index in [4.69, 9.17) is 10.4 Å². The Labute approximate surface area is 184 Å². The molecule has 0 spiro atoms. The quantitative estimate of drug-likeness (QED) is 0.488. The molecule has 1 fully saturated rings. The van der Waals surface area contributed by atoms with E-state index in [1.807, 2.05) is 4.90 Å². The van der Waals surface area contributed by atoms with E-state index in [1.54, 1.807) is 36.7 Å². The average Bonchev–Trinajstić information content (AvgIpc) is 3.56. The molecule has 164 valence electrons. The minimum absolute atomic E-state index is 0.0362. The number of aromatic amines is 1. The van der Waals surface area contributed by atoms with E-state index in [2.05, 4.69) is 15.0 Å². The molecule has 2 aliphatic rings. The number of H-pyrrole nitrogens is 1. The molecule has 8 nitrogen and oxygen atoms in total. The highest BCUT2D eigenvalue weighted by atomic mass is 19.1. The van der Waals surface area contributed by atoms with Gasteiger partial charge in [-0.25, -0.2) is 19.4 Å². The van der Waals surface area contributed by atoms with E-state index in [9.17, 15) is 9.18 Å². The highest BCUT2D eigenvalue weighted by molar-refractivity contribution is 6.05. The Morgan fingerprint density at radius 1 is 1.31 bits per heavy atom. The smallest absolute Gasteiger partial charge is 0.258 e. The van der Waals surface area contributed by atoms with E-state index in [0.29, 0.717) is 59.6 Å². The summed E-state index contributed by atoms with van der Waals surface area (Å²) in [6.45, 7) is 2.70. The number of aliphatic imine (C=N–C) groups is 1. The van der Waals surface area contributed by atoms with Crippen LogP contribution < -0.4 is 5.56 Å². The zero-order valence-corrected chi connectivity index (χ0v) is 18.0. The summed E-state index contributed by atoms with van der Waals surface area (Å²) >= 11 is 0. The number of hydrogen-bond donors (Lipinski definition) is 2. The van der Waals surface area contributed by atoms with Crippen LogP contribution >= 0.6 is 0 Å². The molecule has 32 heavy (non-hydrogen) atoms. The molecule has 3 heterocycles. The fourth-order valence-electron chi connectivity index (χ4n) is 4.34. The van der Waals surface area contributed by atoms with Crippen LogP contribution in [0.5, 0.6) is 0 Å². The van der Waals surface area contributed by atoms with Crippen LogP contribution in [-0.2, 0) is 20.0 Å². The van der Waals surface area contributed by atoms with Crippen LogP contribution in [0.3, 0.4) is 0 Å². The number of nitrogens with zero attached hydrogens (tertiary/aromatic N) is 5. The molecule has 0 amide bonds. The van der Waals surface area contributed by atoms with Crippen LogP contribution in [0.1, 0.15) is 47.4 Å². The first-order valence-corrected chi connectivity index (χ1v) is 10.7. The van der Waals surface area contributed by atoms with Crippen LogP contribution in [-0.4, -0.2) is 43.1 Å². The van der Waals surface area contributed by atoms with E-state index < -0.39 is 0 Å². The van der Waals surface area contributed by atoms with Crippen molar-refractivity contribution in [3.8, 4) is 11.3 Å². The Morgan fingerprint density at radius 2 is 2.09 bits per heavy atom. The minimum Gasteiger partial charge on any atom is -0.350 e. The molecule has 1 aromatic carbocycles. The number of aryl methyl sites for hydroxylation is 1. The number of fused-ring (bicyclic) bond motifs is 1. The third-order valence-corrected chi connectivity index (χ3v) is 6.08. The fourth-order valence-corrected chi connectivity index (χ4v) is 4.34. The predicted molar refractivity (Wildman–Crippen MR) is 120 cm³/mol. The molecule has 0 radical (unpaired) electrons. The topological polar surface area (TPSA) is 103 Å². The summed E-state index contributed by atoms with van der Waals surface area (Å²) < 4.78 is 16.2. The number of rotatable bonds is 4. The number of aromatic nitrogens is 4. The normalized spacial score (nSPS) is 16.2. The number of nitrogens with one attached hydrogen (secondary N) is 2. The molecule has 0 atom stereocenters. The molecule has 2 aromatic heterocycles. The third kappa shape index (κ3) is 3.43. The zero-order chi connectivity index (χ0) is 22.4. The van der Waals surface area contributed by atoms with Crippen molar-refractivity contribution in [2.45, 2.75) is 38.6 Å². The molecule has 0 bridgehead atoms. The Bertz CT molecular complexity index is 1300. The predicted octanol–water partition coefficient (Wildman–Crippen LogP) is 2.91. The molecule has 9 heteroatoms. The van der Waals surface area contributed by atoms with Gasteiger partial charge in [0, 0.05) is 31.5 Å². The number of halogens is 1. The summed E-state index contributed by atoms with van der Waals surface area (Å²) in [6.07, 6.45) is 3.72. The molecule has 0 saturated heterocycles. The van der Waals surface area contributed by atoms with Crippen LogP contribution in [0.15, 0.2) is 34.1 Å². The Kier molecular flexibility index (Phi) is 4.96. The summed E-state index contributed by atoms with van der Waals surface area (Å²) in [6, 6.07) is 6.44. The highest BCUT2D eigenvalue weighted by Crippen LogP contribution is 2.38. The van der Waals surface area contributed by atoms with Gasteiger partial charge in [-0.15, -0.1) is 0 Å². The van der Waals surface area contributed by atoms with Gasteiger partial charge in [-0.2, -0.15) is 0 Å². The van der Waals surface area contributed by atoms with Crippen LogP contribution in [0.25, 0.3) is 11.3 Å². The van der Waals surface area contributed by atoms with Crippen LogP contribution in [0.2, 0.25) is 0 Å². The lowest BCUT2D eigenvalue weighted by molar-refractivity contribution is 0.382. The van der Waals surface area contributed by atoms with Gasteiger partial charge in [0.25, 0.3) is 5.56 Å². The molecule has 5 rings (SSSR count). The lowest BCUT2D eigenvalue weighted by atomic mass is 10.0. The van der Waals surface area contributed by atoms with Gasteiger partial charge in [-0.1, -0.05) is 12.1 Å². The van der Waals surface area contributed by atoms with Crippen molar-refractivity contribution < 1.29 is 4.39 Å². The molecule has 2 N–H and O–H groups in total. The first-order chi connectivity index (χ1) is 15.5. The Hall–Kier alpha value is -3.62. The van der Waals surface area contributed by atoms with E-state index >= 15 is 0 Å². The van der Waals surface area contributed by atoms with Gasteiger partial charge in [-0.3, -0.25) is 14.8 Å². The number of amidine groups is 1. The summed E-state index contributed by atoms with van der Waals surface area (Å²) in [5.41, 5.74) is 2.76. The first kappa shape index (κ1) is 20.3. The second-order valence-electron chi connectivity index (χ2n) is 8.31. The number of hydrogen-bond acceptors (Lipinski definition) is 4. The molecule has 0 unspecified atom stereocenters. The van der Waals surface area contributed by atoms with Gasteiger partial charge < -0.3 is 9.88 Å². The molecular weight excluding hydrogens is 409 g/mol. The van der Waals surface area contributed by atoms with Crippen molar-refractivity contribution in [1.82, 2.24) is 24.4 Å². The van der Waals surface area contributed by atoms with Gasteiger partial charge in [0.15, 0.2) is 5.84 Å². The molecular formula is C23H24FN7O. The maximum atomic E-state index is 14.6. The molecule has 1 aliphatic heterocycles. The van der Waals surface area contributed by atoms with Gasteiger partial charge >= 0.3 is 0 Å². The van der Waals surface area contributed by atoms with Crippen molar-refractivity contribution in [3.05, 3.63) is 69.0 Å². The van der Waals surface area contributed by atoms with Gasteiger partial charge in [0.05, 0.1) is 17.8 Å². The van der Waals surface area contributed by atoms with Gasteiger partial charge in [0.2, 0.25) is 0 Å². The van der Waals surface area contributed by atoms with Crippen LogP contribution in [0.4, 0.5) is 4.39 Å². The third-order valence-electron chi connectivity index (χ3n) is 6.08. The second kappa shape index (κ2) is 7.81. The fraction of sp³-hybridized carbons (Fsp3) is 0.348. The Balaban J connectivity index is 1.56. The van der Waals surface area contributed by atoms with E-state index in [0.717, 1.165) is 30.7 Å². The number of benzene rings is 1. The maximum absolute atomic E-state index is 14.6.